The molecule has 0 aliphatic rings. The standard InChI is InChI=1S/C16H25NO2/c1-5-14(17)13(15(18)19-16(2,3)4)11-12-9-7-6-8-10-12/h6-10,13-14H,5,11,17H2,1-4H3/t13-,14-/m0/s1. The Morgan fingerprint density at radius 2 is 1.84 bits per heavy atom. The van der Waals surface area contributed by atoms with Crippen LogP contribution in [0.1, 0.15) is 39.7 Å². The monoisotopic (exact) mass is 263 g/mol. The number of hydrogen-bond donors (Lipinski definition) is 1. The Kier molecular flexibility index (Phi) is 5.55. The van der Waals surface area contributed by atoms with Gasteiger partial charge in [-0.1, -0.05) is 37.3 Å². The van der Waals surface area contributed by atoms with Gasteiger partial charge >= 0.3 is 5.97 Å². The van der Waals surface area contributed by atoms with Crippen LogP contribution in [-0.4, -0.2) is 17.6 Å². The molecule has 0 saturated heterocycles. The maximum atomic E-state index is 12.3. The Morgan fingerprint density at radius 3 is 2.32 bits per heavy atom. The second-order valence-electron chi connectivity index (χ2n) is 5.90. The van der Waals surface area contributed by atoms with Crippen molar-refractivity contribution >= 4 is 5.97 Å². The SMILES string of the molecule is CC[C@H](N)[C@H](Cc1ccccc1)C(=O)OC(C)(C)C. The fraction of sp³-hybridized carbons (Fsp3) is 0.562. The number of esters is 1. The number of carbonyl (C=O) groups is 1. The van der Waals surface area contributed by atoms with E-state index in [4.69, 9.17) is 10.5 Å². The summed E-state index contributed by atoms with van der Waals surface area (Å²) >= 11 is 0. The molecule has 1 aromatic carbocycles. The molecule has 3 heteroatoms. The molecule has 3 nitrogen and oxygen atoms in total. The molecule has 106 valence electrons. The predicted molar refractivity (Wildman–Crippen MR) is 77.7 cm³/mol. The Bertz CT molecular complexity index is 395. The second kappa shape index (κ2) is 6.71. The second-order valence-corrected chi connectivity index (χ2v) is 5.90. The molecule has 0 bridgehead atoms. The zero-order chi connectivity index (χ0) is 14.5. The maximum Gasteiger partial charge on any atom is 0.311 e. The van der Waals surface area contributed by atoms with Crippen molar-refractivity contribution < 1.29 is 9.53 Å². The van der Waals surface area contributed by atoms with Gasteiger partial charge in [0.1, 0.15) is 5.60 Å². The van der Waals surface area contributed by atoms with E-state index in [1.807, 2.05) is 58.0 Å². The van der Waals surface area contributed by atoms with Crippen molar-refractivity contribution in [2.24, 2.45) is 11.7 Å². The minimum Gasteiger partial charge on any atom is -0.460 e. The van der Waals surface area contributed by atoms with Crippen LogP contribution in [0.25, 0.3) is 0 Å². The van der Waals surface area contributed by atoms with Gasteiger partial charge in [-0.05, 0) is 39.2 Å². The summed E-state index contributed by atoms with van der Waals surface area (Å²) in [6.45, 7) is 7.62. The number of carbonyl (C=O) groups excluding carboxylic acids is 1. The van der Waals surface area contributed by atoms with Gasteiger partial charge in [0.25, 0.3) is 0 Å². The van der Waals surface area contributed by atoms with E-state index in [-0.39, 0.29) is 17.9 Å². The summed E-state index contributed by atoms with van der Waals surface area (Å²) in [5.74, 6) is -0.489. The van der Waals surface area contributed by atoms with Crippen molar-refractivity contribution in [1.82, 2.24) is 0 Å². The third kappa shape index (κ3) is 5.43. The molecule has 0 aromatic heterocycles. The van der Waals surface area contributed by atoms with Gasteiger partial charge in [0.2, 0.25) is 0 Å². The molecule has 2 N–H and O–H groups in total. The van der Waals surface area contributed by atoms with E-state index in [0.29, 0.717) is 6.42 Å². The molecule has 0 saturated carbocycles. The number of hydrogen-bond acceptors (Lipinski definition) is 3. The highest BCUT2D eigenvalue weighted by Gasteiger charge is 2.29. The normalized spacial score (nSPS) is 14.8. The van der Waals surface area contributed by atoms with E-state index < -0.39 is 5.60 Å². The Morgan fingerprint density at radius 1 is 1.26 bits per heavy atom. The minimum absolute atomic E-state index is 0.171. The summed E-state index contributed by atoms with van der Waals surface area (Å²) in [5, 5.41) is 0. The lowest BCUT2D eigenvalue weighted by Gasteiger charge is -2.27. The lowest BCUT2D eigenvalue weighted by atomic mass is 9.91. The van der Waals surface area contributed by atoms with Crippen LogP contribution in [0.4, 0.5) is 0 Å². The lowest BCUT2D eigenvalue weighted by Crippen LogP contribution is -2.40. The number of nitrogens with two attached hydrogens (primary N) is 1. The van der Waals surface area contributed by atoms with Crippen LogP contribution in [0.2, 0.25) is 0 Å². The van der Waals surface area contributed by atoms with Crippen LogP contribution >= 0.6 is 0 Å². The third-order valence-corrected chi connectivity index (χ3v) is 3.00. The average Bonchev–Trinajstić information content (AvgIpc) is 2.34. The Hall–Kier alpha value is -1.35. The fourth-order valence-electron chi connectivity index (χ4n) is 1.94. The number of rotatable bonds is 5. The summed E-state index contributed by atoms with van der Waals surface area (Å²) in [6, 6.07) is 9.76. The van der Waals surface area contributed by atoms with Crippen molar-refractivity contribution in [1.29, 1.82) is 0 Å². The van der Waals surface area contributed by atoms with Gasteiger partial charge in [-0.2, -0.15) is 0 Å². The van der Waals surface area contributed by atoms with Gasteiger partial charge in [0.05, 0.1) is 5.92 Å². The van der Waals surface area contributed by atoms with E-state index in [9.17, 15) is 4.79 Å². The van der Waals surface area contributed by atoms with Crippen LogP contribution < -0.4 is 5.73 Å². The third-order valence-electron chi connectivity index (χ3n) is 3.00. The zero-order valence-corrected chi connectivity index (χ0v) is 12.3. The molecule has 0 fully saturated rings. The summed E-state index contributed by atoms with van der Waals surface area (Å²) in [4.78, 5) is 12.3. The molecule has 0 aliphatic carbocycles. The summed E-state index contributed by atoms with van der Waals surface area (Å²) in [7, 11) is 0. The molecule has 2 atom stereocenters. The highest BCUT2D eigenvalue weighted by Crippen LogP contribution is 2.19. The zero-order valence-electron chi connectivity index (χ0n) is 12.3. The summed E-state index contributed by atoms with van der Waals surface area (Å²) in [5.41, 5.74) is 6.72. The van der Waals surface area contributed by atoms with Crippen LogP contribution in [0.5, 0.6) is 0 Å². The molecule has 0 heterocycles. The first-order valence-corrected chi connectivity index (χ1v) is 6.86. The molecule has 19 heavy (non-hydrogen) atoms. The number of ether oxygens (including phenoxy) is 1. The highest BCUT2D eigenvalue weighted by atomic mass is 16.6. The van der Waals surface area contributed by atoms with Crippen molar-refractivity contribution in [3.63, 3.8) is 0 Å². The van der Waals surface area contributed by atoms with Gasteiger partial charge < -0.3 is 10.5 Å². The molecule has 1 aromatic rings. The smallest absolute Gasteiger partial charge is 0.311 e. The molecular weight excluding hydrogens is 238 g/mol. The predicted octanol–water partition coefficient (Wildman–Crippen LogP) is 2.92. The Labute approximate surface area is 116 Å². The van der Waals surface area contributed by atoms with Crippen molar-refractivity contribution in [2.45, 2.75) is 52.2 Å². The molecule has 0 amide bonds. The first kappa shape index (κ1) is 15.7. The van der Waals surface area contributed by atoms with Gasteiger partial charge in [-0.3, -0.25) is 4.79 Å². The first-order chi connectivity index (χ1) is 8.83. The van der Waals surface area contributed by atoms with Gasteiger partial charge in [-0.25, -0.2) is 0 Å². The van der Waals surface area contributed by atoms with E-state index in [2.05, 4.69) is 0 Å². The molecule has 0 radical (unpaired) electrons. The van der Waals surface area contributed by atoms with Gasteiger partial charge in [-0.15, -0.1) is 0 Å². The van der Waals surface area contributed by atoms with E-state index >= 15 is 0 Å². The molecule has 0 unspecified atom stereocenters. The van der Waals surface area contributed by atoms with Gasteiger partial charge in [0.15, 0.2) is 0 Å². The maximum absolute atomic E-state index is 12.3. The first-order valence-electron chi connectivity index (χ1n) is 6.86. The van der Waals surface area contributed by atoms with Crippen molar-refractivity contribution in [3.8, 4) is 0 Å². The van der Waals surface area contributed by atoms with Crippen molar-refractivity contribution in [2.75, 3.05) is 0 Å². The number of benzene rings is 1. The van der Waals surface area contributed by atoms with Crippen LogP contribution in [0, 0.1) is 5.92 Å². The van der Waals surface area contributed by atoms with E-state index in [0.717, 1.165) is 12.0 Å². The van der Waals surface area contributed by atoms with Crippen LogP contribution in [0.3, 0.4) is 0 Å². The molecule has 0 aliphatic heterocycles. The van der Waals surface area contributed by atoms with Gasteiger partial charge in [0, 0.05) is 6.04 Å². The molecular formula is C16H25NO2. The Balaban J connectivity index is 2.81. The lowest BCUT2D eigenvalue weighted by molar-refractivity contribution is -0.160. The van der Waals surface area contributed by atoms with Crippen LogP contribution in [0.15, 0.2) is 30.3 Å². The van der Waals surface area contributed by atoms with E-state index in [1.165, 1.54) is 0 Å². The summed E-state index contributed by atoms with van der Waals surface area (Å²) < 4.78 is 5.48. The summed E-state index contributed by atoms with van der Waals surface area (Å²) in [6.07, 6.45) is 1.39. The van der Waals surface area contributed by atoms with Crippen molar-refractivity contribution in [3.05, 3.63) is 35.9 Å². The largest absolute Gasteiger partial charge is 0.460 e. The molecule has 1 rings (SSSR count). The highest BCUT2D eigenvalue weighted by molar-refractivity contribution is 5.74. The van der Waals surface area contributed by atoms with Crippen LogP contribution in [-0.2, 0) is 16.0 Å². The average molecular weight is 263 g/mol. The van der Waals surface area contributed by atoms with E-state index in [1.54, 1.807) is 0 Å². The fourth-order valence-corrected chi connectivity index (χ4v) is 1.94. The minimum atomic E-state index is -0.473. The quantitative estimate of drug-likeness (QED) is 0.831. The topological polar surface area (TPSA) is 52.3 Å². The molecule has 0 spiro atoms.